The molecule has 2 aliphatic heterocycles. The average molecular weight is 235 g/mol. The Morgan fingerprint density at radius 2 is 2.12 bits per heavy atom. The molecule has 0 aliphatic carbocycles. The first-order valence-electron chi connectivity index (χ1n) is 6.45. The highest BCUT2D eigenvalue weighted by Gasteiger charge is 2.32. The Hall–Kier alpha value is -1.23. The van der Waals surface area contributed by atoms with Gasteiger partial charge in [0, 0.05) is 32.7 Å². The molecule has 0 spiro atoms. The number of rotatable bonds is 1. The largest absolute Gasteiger partial charge is 0.394 e. The third-order valence-electron chi connectivity index (χ3n) is 4.12. The molecule has 2 fully saturated rings. The molecule has 0 bridgehead atoms. The molecule has 3 heterocycles. The van der Waals surface area contributed by atoms with E-state index in [0.717, 1.165) is 42.9 Å². The number of nitrogens with zero attached hydrogens (tertiary/aromatic N) is 4. The van der Waals surface area contributed by atoms with Crippen LogP contribution < -0.4 is 10.6 Å². The molecule has 1 atom stereocenters. The molecule has 3 rings (SSSR count). The van der Waals surface area contributed by atoms with Crippen LogP contribution in [0.5, 0.6) is 0 Å². The SMILES string of the molecule is Cc1nn(C)c(N2CCN3CCCC3C2)c1N. The van der Waals surface area contributed by atoms with Crippen LogP contribution in [0.3, 0.4) is 0 Å². The molecule has 0 radical (unpaired) electrons. The van der Waals surface area contributed by atoms with Gasteiger partial charge in [-0.1, -0.05) is 0 Å². The molecule has 0 saturated carbocycles. The summed E-state index contributed by atoms with van der Waals surface area (Å²) in [5.41, 5.74) is 7.92. The fourth-order valence-corrected chi connectivity index (χ4v) is 3.22. The van der Waals surface area contributed by atoms with Gasteiger partial charge >= 0.3 is 0 Å². The molecule has 0 aromatic carbocycles. The first-order valence-corrected chi connectivity index (χ1v) is 6.45. The predicted octanol–water partition coefficient (Wildman–Crippen LogP) is 0.595. The van der Waals surface area contributed by atoms with Gasteiger partial charge < -0.3 is 10.6 Å². The van der Waals surface area contributed by atoms with Gasteiger partial charge in [-0.3, -0.25) is 9.58 Å². The maximum atomic E-state index is 6.13. The van der Waals surface area contributed by atoms with Crippen molar-refractivity contribution in [1.29, 1.82) is 0 Å². The Bertz CT molecular complexity index is 425. The molecule has 17 heavy (non-hydrogen) atoms. The first kappa shape index (κ1) is 10.9. The van der Waals surface area contributed by atoms with E-state index in [4.69, 9.17) is 5.73 Å². The summed E-state index contributed by atoms with van der Waals surface area (Å²) in [6.07, 6.45) is 2.67. The zero-order chi connectivity index (χ0) is 12.0. The minimum atomic E-state index is 0.721. The number of anilines is 2. The molecule has 1 aromatic heterocycles. The lowest BCUT2D eigenvalue weighted by molar-refractivity contribution is 0.229. The van der Waals surface area contributed by atoms with Crippen molar-refractivity contribution in [2.24, 2.45) is 7.05 Å². The normalized spacial score (nSPS) is 25.3. The third-order valence-corrected chi connectivity index (χ3v) is 4.12. The van der Waals surface area contributed by atoms with E-state index in [1.165, 1.54) is 19.4 Å². The van der Waals surface area contributed by atoms with Crippen LogP contribution >= 0.6 is 0 Å². The van der Waals surface area contributed by atoms with Gasteiger partial charge in [-0.2, -0.15) is 5.10 Å². The van der Waals surface area contributed by atoms with Gasteiger partial charge in [-0.25, -0.2) is 0 Å². The van der Waals surface area contributed by atoms with Gasteiger partial charge in [0.1, 0.15) is 5.82 Å². The summed E-state index contributed by atoms with van der Waals surface area (Å²) in [5.74, 6) is 1.11. The molecule has 2 aliphatic rings. The molecule has 5 heteroatoms. The van der Waals surface area contributed by atoms with Gasteiger partial charge in [0.05, 0.1) is 11.4 Å². The van der Waals surface area contributed by atoms with Gasteiger partial charge in [0.2, 0.25) is 0 Å². The van der Waals surface area contributed by atoms with Crippen molar-refractivity contribution < 1.29 is 0 Å². The first-order chi connectivity index (χ1) is 8.16. The van der Waals surface area contributed by atoms with Gasteiger partial charge in [0.25, 0.3) is 0 Å². The van der Waals surface area contributed by atoms with Crippen molar-refractivity contribution in [3.8, 4) is 0 Å². The van der Waals surface area contributed by atoms with E-state index in [1.807, 2.05) is 18.7 Å². The number of hydrogen-bond acceptors (Lipinski definition) is 4. The minimum absolute atomic E-state index is 0.721. The van der Waals surface area contributed by atoms with Crippen molar-refractivity contribution in [2.75, 3.05) is 36.8 Å². The molecular formula is C12H21N5. The zero-order valence-electron chi connectivity index (χ0n) is 10.7. The van der Waals surface area contributed by atoms with Crippen molar-refractivity contribution >= 4 is 11.5 Å². The minimum Gasteiger partial charge on any atom is -0.394 e. The lowest BCUT2D eigenvalue weighted by Crippen LogP contribution is -2.50. The Labute approximate surface area is 102 Å². The maximum absolute atomic E-state index is 6.13. The van der Waals surface area contributed by atoms with E-state index >= 15 is 0 Å². The molecule has 1 aromatic rings. The summed E-state index contributed by atoms with van der Waals surface area (Å²) < 4.78 is 1.93. The maximum Gasteiger partial charge on any atom is 0.150 e. The van der Waals surface area contributed by atoms with Crippen molar-refractivity contribution in [1.82, 2.24) is 14.7 Å². The van der Waals surface area contributed by atoms with Crippen LogP contribution in [0.25, 0.3) is 0 Å². The number of aryl methyl sites for hydroxylation is 2. The summed E-state index contributed by atoms with van der Waals surface area (Å²) in [4.78, 5) is 5.01. The van der Waals surface area contributed by atoms with Crippen molar-refractivity contribution in [3.63, 3.8) is 0 Å². The monoisotopic (exact) mass is 235 g/mol. The van der Waals surface area contributed by atoms with E-state index in [9.17, 15) is 0 Å². The van der Waals surface area contributed by atoms with Gasteiger partial charge in [-0.05, 0) is 26.3 Å². The number of nitrogen functional groups attached to an aromatic ring is 1. The smallest absolute Gasteiger partial charge is 0.150 e. The van der Waals surface area contributed by atoms with Crippen LogP contribution in [0.2, 0.25) is 0 Å². The van der Waals surface area contributed by atoms with Crippen LogP contribution in [0.1, 0.15) is 18.5 Å². The van der Waals surface area contributed by atoms with Crippen molar-refractivity contribution in [3.05, 3.63) is 5.69 Å². The predicted molar refractivity (Wildman–Crippen MR) is 69.2 cm³/mol. The molecular weight excluding hydrogens is 214 g/mol. The topological polar surface area (TPSA) is 50.3 Å². The summed E-state index contributed by atoms with van der Waals surface area (Å²) in [6, 6.07) is 0.721. The fourth-order valence-electron chi connectivity index (χ4n) is 3.22. The quantitative estimate of drug-likeness (QED) is 0.774. The van der Waals surface area contributed by atoms with E-state index in [0.29, 0.717) is 0 Å². The molecule has 94 valence electrons. The highest BCUT2D eigenvalue weighted by Crippen LogP contribution is 2.30. The van der Waals surface area contributed by atoms with Crippen molar-refractivity contribution in [2.45, 2.75) is 25.8 Å². The fraction of sp³-hybridized carbons (Fsp3) is 0.750. The van der Waals surface area contributed by atoms with Gasteiger partial charge in [-0.15, -0.1) is 0 Å². The highest BCUT2D eigenvalue weighted by molar-refractivity contribution is 5.66. The van der Waals surface area contributed by atoms with Crippen LogP contribution in [0, 0.1) is 6.92 Å². The highest BCUT2D eigenvalue weighted by atomic mass is 15.4. The summed E-state index contributed by atoms with van der Waals surface area (Å²) in [6.45, 7) is 6.58. The number of fused-ring (bicyclic) bond motifs is 1. The number of piperazine rings is 1. The molecule has 5 nitrogen and oxygen atoms in total. The molecule has 0 amide bonds. The average Bonchev–Trinajstić information content (AvgIpc) is 2.84. The van der Waals surface area contributed by atoms with E-state index in [1.54, 1.807) is 0 Å². The second-order valence-corrected chi connectivity index (χ2v) is 5.22. The van der Waals surface area contributed by atoms with Crippen LogP contribution in [-0.2, 0) is 7.05 Å². The summed E-state index contributed by atoms with van der Waals surface area (Å²) in [5, 5.41) is 4.41. The standard InChI is InChI=1S/C12H21N5/c1-9-11(13)12(15(2)14-9)17-7-6-16-5-3-4-10(16)8-17/h10H,3-8,13H2,1-2H3. The Balaban J connectivity index is 1.85. The molecule has 2 N–H and O–H groups in total. The van der Waals surface area contributed by atoms with Gasteiger partial charge in [0.15, 0.2) is 0 Å². The van der Waals surface area contributed by atoms with Crippen LogP contribution in [-0.4, -0.2) is 46.9 Å². The van der Waals surface area contributed by atoms with Crippen LogP contribution in [0.4, 0.5) is 11.5 Å². The lowest BCUT2D eigenvalue weighted by Gasteiger charge is -2.38. The zero-order valence-corrected chi connectivity index (χ0v) is 10.7. The number of hydrogen-bond donors (Lipinski definition) is 1. The second kappa shape index (κ2) is 3.91. The Morgan fingerprint density at radius 1 is 1.29 bits per heavy atom. The summed E-state index contributed by atoms with van der Waals surface area (Å²) in [7, 11) is 1.99. The van der Waals surface area contributed by atoms with E-state index in [-0.39, 0.29) is 0 Å². The van der Waals surface area contributed by atoms with E-state index < -0.39 is 0 Å². The molecule has 2 saturated heterocycles. The number of nitrogens with two attached hydrogens (primary N) is 1. The van der Waals surface area contributed by atoms with Crippen LogP contribution in [0.15, 0.2) is 0 Å². The molecule has 1 unspecified atom stereocenters. The summed E-state index contributed by atoms with van der Waals surface area (Å²) >= 11 is 0. The Morgan fingerprint density at radius 3 is 2.82 bits per heavy atom. The lowest BCUT2D eigenvalue weighted by atomic mass is 10.1. The Kier molecular flexibility index (Phi) is 2.50. The number of aromatic nitrogens is 2. The van der Waals surface area contributed by atoms with E-state index in [2.05, 4.69) is 14.9 Å². The second-order valence-electron chi connectivity index (χ2n) is 5.22. The third kappa shape index (κ3) is 1.69.